The van der Waals surface area contributed by atoms with E-state index in [2.05, 4.69) is 31.2 Å². The molecule has 0 unspecified atom stereocenters. The molecular weight excluding hydrogens is 307 g/mol. The minimum atomic E-state index is -0.676. The number of aromatic nitrogens is 2. The second-order valence-corrected chi connectivity index (χ2v) is 4.28. The van der Waals surface area contributed by atoms with Gasteiger partial charge in [0.1, 0.15) is 17.3 Å². The Bertz CT molecular complexity index is 574. The maximum Gasteiger partial charge on any atom is 0.295 e. The van der Waals surface area contributed by atoms with Gasteiger partial charge in [0.2, 0.25) is 0 Å². The summed E-state index contributed by atoms with van der Waals surface area (Å²) in [6, 6.07) is 2.20. The van der Waals surface area contributed by atoms with E-state index in [1.807, 2.05) is 0 Å². The number of nitro benzene ring substituents is 1. The number of halogens is 2. The Hall–Kier alpha value is -1.96. The quantitative estimate of drug-likeness (QED) is 0.671. The summed E-state index contributed by atoms with van der Waals surface area (Å²) in [5, 5.41) is 13.6. The van der Waals surface area contributed by atoms with E-state index in [0.717, 1.165) is 6.07 Å². The summed E-state index contributed by atoms with van der Waals surface area (Å²) in [6.45, 7) is 0.284. The summed E-state index contributed by atoms with van der Waals surface area (Å²) in [6.07, 6.45) is 3.22. The molecule has 0 radical (unpaired) electrons. The highest BCUT2D eigenvalue weighted by molar-refractivity contribution is 9.10. The van der Waals surface area contributed by atoms with E-state index in [9.17, 15) is 14.5 Å². The van der Waals surface area contributed by atoms with Crippen molar-refractivity contribution in [1.29, 1.82) is 0 Å². The van der Waals surface area contributed by atoms with Crippen molar-refractivity contribution in [3.05, 3.63) is 50.8 Å². The molecule has 2 N–H and O–H groups in total. The average molecular weight is 315 g/mol. The van der Waals surface area contributed by atoms with Crippen LogP contribution in [0.15, 0.2) is 29.0 Å². The van der Waals surface area contributed by atoms with Crippen molar-refractivity contribution in [3.63, 3.8) is 0 Å². The van der Waals surface area contributed by atoms with Crippen LogP contribution in [0.5, 0.6) is 0 Å². The molecule has 2 rings (SSSR count). The van der Waals surface area contributed by atoms with Crippen LogP contribution in [0.2, 0.25) is 0 Å². The first kappa shape index (κ1) is 12.5. The number of rotatable bonds is 4. The van der Waals surface area contributed by atoms with Crippen LogP contribution >= 0.6 is 15.9 Å². The Labute approximate surface area is 110 Å². The van der Waals surface area contributed by atoms with E-state index in [-0.39, 0.29) is 22.4 Å². The molecule has 6 nitrogen and oxygen atoms in total. The van der Waals surface area contributed by atoms with E-state index in [1.54, 1.807) is 12.4 Å². The summed E-state index contributed by atoms with van der Waals surface area (Å²) in [5.41, 5.74) is -0.0908. The van der Waals surface area contributed by atoms with Crippen molar-refractivity contribution in [3.8, 4) is 0 Å². The lowest BCUT2D eigenvalue weighted by atomic mass is 10.2. The molecule has 0 aliphatic carbocycles. The number of nitrogens with zero attached hydrogens (tertiary/aromatic N) is 2. The van der Waals surface area contributed by atoms with Crippen LogP contribution in [0.4, 0.5) is 15.8 Å². The van der Waals surface area contributed by atoms with E-state index in [4.69, 9.17) is 0 Å². The fraction of sp³-hybridized carbons (Fsp3) is 0.100. The van der Waals surface area contributed by atoms with Gasteiger partial charge in [0, 0.05) is 12.4 Å². The third kappa shape index (κ3) is 2.65. The van der Waals surface area contributed by atoms with Crippen LogP contribution in [-0.4, -0.2) is 14.9 Å². The molecule has 0 saturated heterocycles. The number of hydrogen-bond acceptors (Lipinski definition) is 4. The van der Waals surface area contributed by atoms with Crippen LogP contribution in [0.25, 0.3) is 0 Å². The van der Waals surface area contributed by atoms with E-state index >= 15 is 0 Å². The van der Waals surface area contributed by atoms with Crippen LogP contribution in [-0.2, 0) is 6.54 Å². The van der Waals surface area contributed by atoms with E-state index in [1.165, 1.54) is 6.07 Å². The average Bonchev–Trinajstić information content (AvgIpc) is 2.83. The standard InChI is InChI=1S/C10H8BrFN4O2/c11-6-3-8(9(16(17)18)4-7(6)12)15-5-10-13-1-2-14-10/h1-4,15H,5H2,(H,13,14). The Balaban J connectivity index is 2.25. The summed E-state index contributed by atoms with van der Waals surface area (Å²) in [4.78, 5) is 17.0. The maximum atomic E-state index is 13.2. The van der Waals surface area contributed by atoms with Crippen molar-refractivity contribution in [2.75, 3.05) is 5.32 Å². The van der Waals surface area contributed by atoms with Crippen molar-refractivity contribution < 1.29 is 9.31 Å². The monoisotopic (exact) mass is 314 g/mol. The molecule has 2 aromatic rings. The predicted octanol–water partition coefficient (Wildman–Crippen LogP) is 2.83. The fourth-order valence-electron chi connectivity index (χ4n) is 1.40. The highest BCUT2D eigenvalue weighted by atomic mass is 79.9. The summed E-state index contributed by atoms with van der Waals surface area (Å²) >= 11 is 2.99. The minimum Gasteiger partial charge on any atom is -0.372 e. The zero-order valence-electron chi connectivity index (χ0n) is 8.98. The van der Waals surface area contributed by atoms with Crippen LogP contribution < -0.4 is 5.32 Å². The number of benzene rings is 1. The second-order valence-electron chi connectivity index (χ2n) is 3.43. The number of imidazole rings is 1. The number of hydrogen-bond donors (Lipinski definition) is 2. The van der Waals surface area contributed by atoms with Gasteiger partial charge in [0.05, 0.1) is 22.0 Å². The lowest BCUT2D eigenvalue weighted by Gasteiger charge is -2.06. The Kier molecular flexibility index (Phi) is 3.56. The zero-order chi connectivity index (χ0) is 13.1. The molecule has 0 amide bonds. The molecule has 0 bridgehead atoms. The van der Waals surface area contributed by atoms with Gasteiger partial charge >= 0.3 is 0 Å². The number of nitro groups is 1. The van der Waals surface area contributed by atoms with Gasteiger partial charge in [-0.1, -0.05) is 0 Å². The molecule has 1 aromatic heterocycles. The summed E-state index contributed by atoms with van der Waals surface area (Å²) < 4.78 is 13.4. The van der Waals surface area contributed by atoms with Gasteiger partial charge in [-0.25, -0.2) is 9.37 Å². The summed E-state index contributed by atoms with van der Waals surface area (Å²) in [7, 11) is 0. The van der Waals surface area contributed by atoms with Crippen molar-refractivity contribution in [1.82, 2.24) is 9.97 Å². The molecule has 0 aliphatic heterocycles. The lowest BCUT2D eigenvalue weighted by Crippen LogP contribution is -2.04. The van der Waals surface area contributed by atoms with Gasteiger partial charge in [-0.05, 0) is 22.0 Å². The summed E-state index contributed by atoms with van der Waals surface area (Å²) in [5.74, 6) is -0.0463. The zero-order valence-corrected chi connectivity index (χ0v) is 10.6. The van der Waals surface area contributed by atoms with Gasteiger partial charge in [-0.2, -0.15) is 0 Å². The van der Waals surface area contributed by atoms with E-state index < -0.39 is 10.7 Å². The first-order chi connectivity index (χ1) is 8.58. The van der Waals surface area contributed by atoms with E-state index in [0.29, 0.717) is 5.82 Å². The second kappa shape index (κ2) is 5.13. The molecule has 18 heavy (non-hydrogen) atoms. The SMILES string of the molecule is O=[N+]([O-])c1cc(F)c(Br)cc1NCc1ncc[nH]1. The Morgan fingerprint density at radius 2 is 2.33 bits per heavy atom. The molecule has 0 atom stereocenters. The van der Waals surface area contributed by atoms with Gasteiger partial charge in [-0.15, -0.1) is 0 Å². The molecule has 0 spiro atoms. The van der Waals surface area contributed by atoms with Crippen molar-refractivity contribution >= 4 is 27.3 Å². The Morgan fingerprint density at radius 1 is 1.56 bits per heavy atom. The van der Waals surface area contributed by atoms with Crippen LogP contribution in [0.1, 0.15) is 5.82 Å². The van der Waals surface area contributed by atoms with Gasteiger partial charge in [0.25, 0.3) is 5.69 Å². The third-order valence-electron chi connectivity index (χ3n) is 2.24. The highest BCUT2D eigenvalue weighted by Crippen LogP contribution is 2.30. The number of H-pyrrole nitrogens is 1. The van der Waals surface area contributed by atoms with Crippen LogP contribution in [0, 0.1) is 15.9 Å². The topological polar surface area (TPSA) is 83.8 Å². The smallest absolute Gasteiger partial charge is 0.295 e. The highest BCUT2D eigenvalue weighted by Gasteiger charge is 2.17. The molecule has 8 heteroatoms. The number of anilines is 1. The molecule has 0 aliphatic rings. The minimum absolute atomic E-state index is 0.162. The normalized spacial score (nSPS) is 10.3. The third-order valence-corrected chi connectivity index (χ3v) is 2.84. The Morgan fingerprint density at radius 3 is 2.94 bits per heavy atom. The van der Waals surface area contributed by atoms with Gasteiger partial charge in [0.15, 0.2) is 0 Å². The lowest BCUT2D eigenvalue weighted by molar-refractivity contribution is -0.384. The number of nitrogens with one attached hydrogen (secondary N) is 2. The first-order valence-electron chi connectivity index (χ1n) is 4.93. The van der Waals surface area contributed by atoms with Gasteiger partial charge in [-0.3, -0.25) is 10.1 Å². The van der Waals surface area contributed by atoms with Crippen molar-refractivity contribution in [2.45, 2.75) is 6.54 Å². The molecule has 1 heterocycles. The van der Waals surface area contributed by atoms with Crippen LogP contribution in [0.3, 0.4) is 0 Å². The van der Waals surface area contributed by atoms with Gasteiger partial charge < -0.3 is 10.3 Å². The molecule has 0 saturated carbocycles. The predicted molar refractivity (Wildman–Crippen MR) is 66.7 cm³/mol. The van der Waals surface area contributed by atoms with Crippen molar-refractivity contribution in [2.24, 2.45) is 0 Å². The molecule has 94 valence electrons. The first-order valence-corrected chi connectivity index (χ1v) is 5.73. The molecule has 1 aromatic carbocycles. The largest absolute Gasteiger partial charge is 0.372 e. The fourth-order valence-corrected chi connectivity index (χ4v) is 1.75. The molecular formula is C10H8BrFN4O2. The maximum absolute atomic E-state index is 13.2. The molecule has 0 fully saturated rings. The number of aromatic amines is 1.